The number of hydrogen-bond donors (Lipinski definition) is 2. The van der Waals surface area contributed by atoms with Crippen molar-refractivity contribution in [2.75, 3.05) is 18.0 Å². The van der Waals surface area contributed by atoms with E-state index in [4.69, 9.17) is 11.6 Å². The standard InChI is InChI=1S/C13H18ClNO2/c1-9(16)10-4-5-13(12(14)7-10)15-6-2-3-11(17)8-15/h4-5,7,9,11,16-17H,2-3,6,8H2,1H3/t9-,11?/m0/s1. The first-order chi connectivity index (χ1) is 8.08. The highest BCUT2D eigenvalue weighted by molar-refractivity contribution is 6.33. The number of hydrogen-bond acceptors (Lipinski definition) is 3. The van der Waals surface area contributed by atoms with E-state index in [1.807, 2.05) is 12.1 Å². The highest BCUT2D eigenvalue weighted by atomic mass is 35.5. The summed E-state index contributed by atoms with van der Waals surface area (Å²) in [5, 5.41) is 19.8. The monoisotopic (exact) mass is 255 g/mol. The van der Waals surface area contributed by atoms with Crippen molar-refractivity contribution in [2.24, 2.45) is 0 Å². The molecule has 1 heterocycles. The maximum absolute atomic E-state index is 9.65. The van der Waals surface area contributed by atoms with Gasteiger partial charge in [0.15, 0.2) is 0 Å². The minimum atomic E-state index is -0.506. The number of piperidine rings is 1. The topological polar surface area (TPSA) is 43.7 Å². The summed E-state index contributed by atoms with van der Waals surface area (Å²) < 4.78 is 0. The van der Waals surface area contributed by atoms with Crippen LogP contribution in [0, 0.1) is 0 Å². The van der Waals surface area contributed by atoms with Crippen LogP contribution >= 0.6 is 11.6 Å². The average Bonchev–Trinajstić information content (AvgIpc) is 2.28. The van der Waals surface area contributed by atoms with E-state index in [1.54, 1.807) is 13.0 Å². The molecule has 4 heteroatoms. The van der Waals surface area contributed by atoms with Crippen molar-refractivity contribution in [1.82, 2.24) is 0 Å². The molecule has 1 aromatic rings. The van der Waals surface area contributed by atoms with Crippen LogP contribution in [0.25, 0.3) is 0 Å². The van der Waals surface area contributed by atoms with E-state index < -0.39 is 6.10 Å². The van der Waals surface area contributed by atoms with Crippen LogP contribution in [0.15, 0.2) is 18.2 Å². The Morgan fingerprint density at radius 2 is 2.24 bits per heavy atom. The zero-order chi connectivity index (χ0) is 12.4. The molecule has 3 nitrogen and oxygen atoms in total. The predicted octanol–water partition coefficient (Wildman–Crippen LogP) is 2.35. The van der Waals surface area contributed by atoms with Gasteiger partial charge in [0.1, 0.15) is 0 Å². The molecule has 0 radical (unpaired) electrons. The van der Waals surface area contributed by atoms with Crippen molar-refractivity contribution < 1.29 is 10.2 Å². The number of aliphatic hydroxyl groups is 2. The molecule has 17 heavy (non-hydrogen) atoms. The molecule has 1 fully saturated rings. The third-order valence-corrected chi connectivity index (χ3v) is 3.49. The first kappa shape index (κ1) is 12.7. The Morgan fingerprint density at radius 1 is 1.47 bits per heavy atom. The van der Waals surface area contributed by atoms with Crippen LogP contribution in [0.1, 0.15) is 31.4 Å². The van der Waals surface area contributed by atoms with Gasteiger partial charge in [0.2, 0.25) is 0 Å². The molecule has 1 aliphatic heterocycles. The van der Waals surface area contributed by atoms with E-state index in [0.717, 1.165) is 30.6 Å². The third kappa shape index (κ3) is 2.92. The summed E-state index contributed by atoms with van der Waals surface area (Å²) >= 11 is 6.22. The fourth-order valence-corrected chi connectivity index (χ4v) is 2.52. The molecule has 2 atom stereocenters. The summed E-state index contributed by atoms with van der Waals surface area (Å²) in [6.07, 6.45) is 1.07. The Hall–Kier alpha value is -0.770. The molecule has 0 amide bonds. The molecule has 0 aromatic heterocycles. The number of β-amino-alcohol motifs (C(OH)–C–C–N with tert-alkyl or cyclic N) is 1. The van der Waals surface area contributed by atoms with Gasteiger partial charge >= 0.3 is 0 Å². The lowest BCUT2D eigenvalue weighted by Crippen LogP contribution is -2.38. The van der Waals surface area contributed by atoms with Gasteiger partial charge < -0.3 is 15.1 Å². The minimum absolute atomic E-state index is 0.267. The lowest BCUT2D eigenvalue weighted by molar-refractivity contribution is 0.154. The summed E-state index contributed by atoms with van der Waals surface area (Å²) in [6.45, 7) is 3.27. The molecular formula is C13H18ClNO2. The van der Waals surface area contributed by atoms with Crippen molar-refractivity contribution in [3.8, 4) is 0 Å². The van der Waals surface area contributed by atoms with Crippen LogP contribution in [-0.2, 0) is 0 Å². The second-order valence-electron chi connectivity index (χ2n) is 4.63. The number of benzene rings is 1. The molecule has 0 bridgehead atoms. The van der Waals surface area contributed by atoms with Gasteiger partial charge in [-0.15, -0.1) is 0 Å². The van der Waals surface area contributed by atoms with Gasteiger partial charge in [0, 0.05) is 13.1 Å². The molecule has 0 aliphatic carbocycles. The highest BCUT2D eigenvalue weighted by Gasteiger charge is 2.20. The van der Waals surface area contributed by atoms with Crippen LogP contribution < -0.4 is 4.90 Å². The molecule has 0 saturated carbocycles. The molecular weight excluding hydrogens is 238 g/mol. The van der Waals surface area contributed by atoms with Crippen molar-refractivity contribution >= 4 is 17.3 Å². The first-order valence-corrected chi connectivity index (χ1v) is 6.36. The normalized spacial score (nSPS) is 22.6. The van der Waals surface area contributed by atoms with Gasteiger partial charge in [-0.3, -0.25) is 0 Å². The number of anilines is 1. The van der Waals surface area contributed by atoms with Crippen LogP contribution in [0.2, 0.25) is 5.02 Å². The van der Waals surface area contributed by atoms with Crippen molar-refractivity contribution in [3.05, 3.63) is 28.8 Å². The van der Waals surface area contributed by atoms with Crippen molar-refractivity contribution in [2.45, 2.75) is 32.0 Å². The minimum Gasteiger partial charge on any atom is -0.391 e. The smallest absolute Gasteiger partial charge is 0.0762 e. The summed E-state index contributed by atoms with van der Waals surface area (Å²) in [7, 11) is 0. The molecule has 2 N–H and O–H groups in total. The molecule has 2 rings (SSSR count). The average molecular weight is 256 g/mol. The number of nitrogens with zero attached hydrogens (tertiary/aromatic N) is 1. The van der Waals surface area contributed by atoms with E-state index in [2.05, 4.69) is 4.90 Å². The van der Waals surface area contributed by atoms with Gasteiger partial charge in [0.05, 0.1) is 22.9 Å². The number of aliphatic hydroxyl groups excluding tert-OH is 2. The van der Waals surface area contributed by atoms with Crippen LogP contribution in [0.5, 0.6) is 0 Å². The molecule has 1 aliphatic rings. The van der Waals surface area contributed by atoms with Gasteiger partial charge in [0.25, 0.3) is 0 Å². The Labute approximate surface area is 107 Å². The molecule has 0 spiro atoms. The molecule has 1 unspecified atom stereocenters. The van der Waals surface area contributed by atoms with Crippen LogP contribution in [0.4, 0.5) is 5.69 Å². The predicted molar refractivity (Wildman–Crippen MR) is 69.5 cm³/mol. The van der Waals surface area contributed by atoms with Crippen molar-refractivity contribution in [1.29, 1.82) is 0 Å². The van der Waals surface area contributed by atoms with Gasteiger partial charge in [-0.05, 0) is 37.5 Å². The summed E-state index contributed by atoms with van der Waals surface area (Å²) in [5.41, 5.74) is 1.76. The Bertz CT molecular complexity index is 395. The lowest BCUT2D eigenvalue weighted by atomic mass is 10.1. The maximum atomic E-state index is 9.65. The largest absolute Gasteiger partial charge is 0.391 e. The zero-order valence-electron chi connectivity index (χ0n) is 9.93. The summed E-state index contributed by atoms with van der Waals surface area (Å²) in [6, 6.07) is 5.60. The van der Waals surface area contributed by atoms with Gasteiger partial charge in [-0.2, -0.15) is 0 Å². The number of halogens is 1. The second kappa shape index (κ2) is 5.25. The molecule has 1 aromatic carbocycles. The zero-order valence-corrected chi connectivity index (χ0v) is 10.7. The fourth-order valence-electron chi connectivity index (χ4n) is 2.21. The summed E-state index contributed by atoms with van der Waals surface area (Å²) in [4.78, 5) is 2.10. The third-order valence-electron chi connectivity index (χ3n) is 3.19. The van der Waals surface area contributed by atoms with Gasteiger partial charge in [-0.1, -0.05) is 17.7 Å². The number of rotatable bonds is 2. The van der Waals surface area contributed by atoms with Crippen LogP contribution in [0.3, 0.4) is 0 Å². The Balaban J connectivity index is 2.21. The summed E-state index contributed by atoms with van der Waals surface area (Å²) in [5.74, 6) is 0. The quantitative estimate of drug-likeness (QED) is 0.853. The Morgan fingerprint density at radius 3 is 2.82 bits per heavy atom. The SMILES string of the molecule is C[C@H](O)c1ccc(N2CCCC(O)C2)c(Cl)c1. The highest BCUT2D eigenvalue weighted by Crippen LogP contribution is 2.30. The molecule has 94 valence electrons. The van der Waals surface area contributed by atoms with E-state index in [-0.39, 0.29) is 6.10 Å². The van der Waals surface area contributed by atoms with Crippen molar-refractivity contribution in [3.63, 3.8) is 0 Å². The van der Waals surface area contributed by atoms with E-state index in [9.17, 15) is 10.2 Å². The molecule has 1 saturated heterocycles. The second-order valence-corrected chi connectivity index (χ2v) is 5.04. The maximum Gasteiger partial charge on any atom is 0.0762 e. The van der Waals surface area contributed by atoms with E-state index in [0.29, 0.717) is 11.6 Å². The fraction of sp³-hybridized carbons (Fsp3) is 0.538. The first-order valence-electron chi connectivity index (χ1n) is 5.98. The lowest BCUT2D eigenvalue weighted by Gasteiger charge is -2.32. The van der Waals surface area contributed by atoms with Crippen LogP contribution in [-0.4, -0.2) is 29.4 Å². The van der Waals surface area contributed by atoms with E-state index >= 15 is 0 Å². The van der Waals surface area contributed by atoms with Gasteiger partial charge in [-0.25, -0.2) is 0 Å². The Kier molecular flexibility index (Phi) is 3.92. The van der Waals surface area contributed by atoms with E-state index in [1.165, 1.54) is 0 Å².